The molecule has 0 amide bonds. The second-order valence-corrected chi connectivity index (χ2v) is 5.91. The minimum atomic E-state index is 0.598. The molecular formula is C14H19N3OS. The highest BCUT2D eigenvalue weighted by molar-refractivity contribution is 7.13. The molecule has 0 saturated carbocycles. The van der Waals surface area contributed by atoms with Gasteiger partial charge in [-0.25, -0.2) is 4.98 Å². The molecule has 3 heterocycles. The van der Waals surface area contributed by atoms with Crippen molar-refractivity contribution in [2.75, 3.05) is 20.1 Å². The van der Waals surface area contributed by atoms with Gasteiger partial charge in [-0.1, -0.05) is 6.07 Å². The van der Waals surface area contributed by atoms with Crippen LogP contribution in [0.3, 0.4) is 0 Å². The topological polar surface area (TPSA) is 41.3 Å². The van der Waals surface area contributed by atoms with Crippen molar-refractivity contribution in [2.24, 2.45) is 0 Å². The van der Waals surface area contributed by atoms with Crippen molar-refractivity contribution in [3.63, 3.8) is 0 Å². The first-order valence-electron chi connectivity index (χ1n) is 6.73. The maximum Gasteiger partial charge on any atom is 0.209 e. The van der Waals surface area contributed by atoms with Gasteiger partial charge in [0.05, 0.1) is 17.6 Å². The van der Waals surface area contributed by atoms with Crippen LogP contribution in [0, 0.1) is 0 Å². The highest BCUT2D eigenvalue weighted by Gasteiger charge is 2.20. The molecule has 1 saturated heterocycles. The molecule has 3 rings (SSSR count). The minimum Gasteiger partial charge on any atom is -0.438 e. The molecule has 0 aromatic carbocycles. The number of oxazole rings is 1. The third-order valence-corrected chi connectivity index (χ3v) is 4.47. The highest BCUT2D eigenvalue weighted by Crippen LogP contribution is 2.25. The molecule has 2 aromatic rings. The van der Waals surface area contributed by atoms with E-state index in [1.807, 2.05) is 19.3 Å². The van der Waals surface area contributed by atoms with Gasteiger partial charge in [-0.15, -0.1) is 11.3 Å². The summed E-state index contributed by atoms with van der Waals surface area (Å²) in [7, 11) is 2.04. The Morgan fingerprint density at radius 2 is 2.53 bits per heavy atom. The second kappa shape index (κ2) is 5.86. The lowest BCUT2D eigenvalue weighted by Gasteiger charge is -2.31. The summed E-state index contributed by atoms with van der Waals surface area (Å²) in [6, 6.07) is 4.69. The van der Waals surface area contributed by atoms with Crippen LogP contribution in [0.2, 0.25) is 0 Å². The normalized spacial score (nSPS) is 20.8. The quantitative estimate of drug-likeness (QED) is 0.932. The molecule has 4 nitrogen and oxygen atoms in total. The van der Waals surface area contributed by atoms with Gasteiger partial charge in [0.2, 0.25) is 5.89 Å². The van der Waals surface area contributed by atoms with Crippen LogP contribution >= 0.6 is 11.3 Å². The highest BCUT2D eigenvalue weighted by atomic mass is 32.1. The van der Waals surface area contributed by atoms with Crippen molar-refractivity contribution in [3.8, 4) is 10.6 Å². The van der Waals surface area contributed by atoms with E-state index in [9.17, 15) is 0 Å². The molecule has 0 bridgehead atoms. The van der Waals surface area contributed by atoms with Crippen molar-refractivity contribution in [2.45, 2.75) is 25.4 Å². The summed E-state index contributed by atoms with van der Waals surface area (Å²) in [5.41, 5.74) is 0. The van der Waals surface area contributed by atoms with E-state index in [2.05, 4.69) is 26.6 Å². The Hall–Kier alpha value is -1.17. The number of nitrogens with one attached hydrogen (secondary N) is 1. The van der Waals surface area contributed by atoms with Crippen LogP contribution in [0.25, 0.3) is 10.6 Å². The maximum atomic E-state index is 5.84. The molecule has 1 fully saturated rings. The summed E-state index contributed by atoms with van der Waals surface area (Å²) in [6.45, 7) is 3.02. The van der Waals surface area contributed by atoms with Crippen LogP contribution < -0.4 is 5.32 Å². The fourth-order valence-corrected chi connectivity index (χ4v) is 3.21. The number of hydrogen-bond donors (Lipinski definition) is 1. The SMILES string of the molecule is CNC1CCCN(Cc2ncc(-c3cccs3)o2)C1. The number of hydrogen-bond acceptors (Lipinski definition) is 5. The van der Waals surface area contributed by atoms with Crippen LogP contribution in [-0.4, -0.2) is 36.1 Å². The Morgan fingerprint density at radius 1 is 1.58 bits per heavy atom. The maximum absolute atomic E-state index is 5.84. The standard InChI is InChI=1S/C14H19N3OS/c1-15-11-4-2-6-17(9-11)10-14-16-8-12(18-14)13-5-3-7-19-13/h3,5,7-8,11,15H,2,4,6,9-10H2,1H3. The first kappa shape index (κ1) is 12.8. The van der Waals surface area contributed by atoms with E-state index in [4.69, 9.17) is 4.42 Å². The predicted octanol–water partition coefficient (Wildman–Crippen LogP) is 2.59. The third-order valence-electron chi connectivity index (χ3n) is 3.59. The molecule has 102 valence electrons. The summed E-state index contributed by atoms with van der Waals surface area (Å²) < 4.78 is 5.84. The van der Waals surface area contributed by atoms with Gasteiger partial charge in [-0.2, -0.15) is 0 Å². The number of likely N-dealkylation sites (tertiary alicyclic amines) is 1. The molecule has 1 atom stereocenters. The number of aromatic nitrogens is 1. The first-order chi connectivity index (χ1) is 9.35. The third kappa shape index (κ3) is 3.05. The first-order valence-corrected chi connectivity index (χ1v) is 7.61. The summed E-state index contributed by atoms with van der Waals surface area (Å²) >= 11 is 1.68. The monoisotopic (exact) mass is 277 g/mol. The van der Waals surface area contributed by atoms with Gasteiger partial charge in [0.1, 0.15) is 0 Å². The van der Waals surface area contributed by atoms with E-state index in [0.29, 0.717) is 6.04 Å². The van der Waals surface area contributed by atoms with Gasteiger partial charge in [-0.3, -0.25) is 4.90 Å². The molecule has 0 aliphatic carbocycles. The van der Waals surface area contributed by atoms with Crippen molar-refractivity contribution in [1.82, 2.24) is 15.2 Å². The van der Waals surface area contributed by atoms with E-state index in [-0.39, 0.29) is 0 Å². The average molecular weight is 277 g/mol. The van der Waals surface area contributed by atoms with Crippen molar-refractivity contribution >= 4 is 11.3 Å². The Morgan fingerprint density at radius 3 is 3.32 bits per heavy atom. The lowest BCUT2D eigenvalue weighted by Crippen LogP contribution is -2.43. The van der Waals surface area contributed by atoms with Gasteiger partial charge in [0.15, 0.2) is 5.76 Å². The summed E-state index contributed by atoms with van der Waals surface area (Å²) in [4.78, 5) is 7.95. The number of piperidine rings is 1. The van der Waals surface area contributed by atoms with Gasteiger partial charge < -0.3 is 9.73 Å². The number of rotatable bonds is 4. The Balaban J connectivity index is 1.64. The fraction of sp³-hybridized carbons (Fsp3) is 0.500. The van der Waals surface area contributed by atoms with E-state index in [1.54, 1.807) is 11.3 Å². The second-order valence-electron chi connectivity index (χ2n) is 4.96. The van der Waals surface area contributed by atoms with Crippen LogP contribution in [0.4, 0.5) is 0 Å². The van der Waals surface area contributed by atoms with Gasteiger partial charge >= 0.3 is 0 Å². The summed E-state index contributed by atoms with van der Waals surface area (Å²) in [5, 5.41) is 5.41. The smallest absolute Gasteiger partial charge is 0.209 e. The fourth-order valence-electron chi connectivity index (χ4n) is 2.54. The summed E-state index contributed by atoms with van der Waals surface area (Å²) in [6.07, 6.45) is 4.34. The zero-order valence-electron chi connectivity index (χ0n) is 11.1. The lowest BCUT2D eigenvalue weighted by atomic mass is 10.1. The molecule has 1 aliphatic heterocycles. The molecule has 0 radical (unpaired) electrons. The Bertz CT molecular complexity index is 509. The van der Waals surface area contributed by atoms with Crippen LogP contribution in [0.5, 0.6) is 0 Å². The van der Waals surface area contributed by atoms with Crippen molar-refractivity contribution in [1.29, 1.82) is 0 Å². The molecule has 5 heteroatoms. The molecule has 0 spiro atoms. The Labute approximate surface area is 117 Å². The van der Waals surface area contributed by atoms with Crippen molar-refractivity contribution < 1.29 is 4.42 Å². The van der Waals surface area contributed by atoms with Gasteiger partial charge in [0.25, 0.3) is 0 Å². The van der Waals surface area contributed by atoms with Crippen LogP contribution in [0.1, 0.15) is 18.7 Å². The molecule has 1 N–H and O–H groups in total. The molecule has 1 aliphatic rings. The number of thiophene rings is 1. The van der Waals surface area contributed by atoms with E-state index >= 15 is 0 Å². The van der Waals surface area contributed by atoms with Crippen LogP contribution in [-0.2, 0) is 6.54 Å². The zero-order valence-corrected chi connectivity index (χ0v) is 11.9. The van der Waals surface area contributed by atoms with Crippen molar-refractivity contribution in [3.05, 3.63) is 29.6 Å². The van der Waals surface area contributed by atoms with E-state index in [1.165, 1.54) is 12.8 Å². The number of likely N-dealkylation sites (N-methyl/N-ethyl adjacent to an activating group) is 1. The Kier molecular flexibility index (Phi) is 3.96. The molecular weight excluding hydrogens is 258 g/mol. The largest absolute Gasteiger partial charge is 0.438 e. The van der Waals surface area contributed by atoms with Gasteiger partial charge in [-0.05, 0) is 37.9 Å². The van der Waals surface area contributed by atoms with E-state index in [0.717, 1.165) is 36.2 Å². The lowest BCUT2D eigenvalue weighted by molar-refractivity contribution is 0.173. The van der Waals surface area contributed by atoms with Crippen LogP contribution in [0.15, 0.2) is 28.1 Å². The summed E-state index contributed by atoms with van der Waals surface area (Å²) in [5.74, 6) is 1.70. The zero-order chi connectivity index (χ0) is 13.1. The number of nitrogens with zero attached hydrogens (tertiary/aromatic N) is 2. The average Bonchev–Trinajstić information content (AvgIpc) is 3.09. The van der Waals surface area contributed by atoms with E-state index < -0.39 is 0 Å². The molecule has 2 aromatic heterocycles. The predicted molar refractivity (Wildman–Crippen MR) is 77.2 cm³/mol. The minimum absolute atomic E-state index is 0.598. The molecule has 1 unspecified atom stereocenters. The molecule has 19 heavy (non-hydrogen) atoms. The van der Waals surface area contributed by atoms with Gasteiger partial charge in [0, 0.05) is 12.6 Å².